The number of hydrogen-bond acceptors (Lipinski definition) is 2. The van der Waals surface area contributed by atoms with Gasteiger partial charge in [0.25, 0.3) is 0 Å². The smallest absolute Gasteiger partial charge is 0.0393 e. The van der Waals surface area contributed by atoms with Crippen LogP contribution in [0.15, 0.2) is 24.3 Å². The molecule has 0 amide bonds. The van der Waals surface area contributed by atoms with Crippen LogP contribution in [-0.4, -0.2) is 26.2 Å². The monoisotopic (exact) mass is 248 g/mol. The van der Waals surface area contributed by atoms with Crippen molar-refractivity contribution in [3.8, 4) is 0 Å². The summed E-state index contributed by atoms with van der Waals surface area (Å²) in [5, 5.41) is 3.65. The molecular weight excluding hydrogens is 220 g/mol. The van der Waals surface area contributed by atoms with E-state index in [0.29, 0.717) is 6.04 Å². The molecule has 2 nitrogen and oxygen atoms in total. The van der Waals surface area contributed by atoms with Crippen LogP contribution in [0.3, 0.4) is 0 Å². The summed E-state index contributed by atoms with van der Waals surface area (Å²) < 4.78 is 0. The van der Waals surface area contributed by atoms with Gasteiger partial charge in [-0.25, -0.2) is 0 Å². The molecule has 0 aliphatic rings. The minimum Gasteiger partial charge on any atom is -0.373 e. The van der Waals surface area contributed by atoms with Gasteiger partial charge in [-0.3, -0.25) is 0 Å². The number of rotatable bonds is 8. The van der Waals surface area contributed by atoms with Crippen LogP contribution in [0.1, 0.15) is 38.7 Å². The van der Waals surface area contributed by atoms with E-state index in [4.69, 9.17) is 0 Å². The van der Waals surface area contributed by atoms with Crippen molar-refractivity contribution >= 4 is 5.69 Å². The molecule has 0 radical (unpaired) electrons. The second-order valence-electron chi connectivity index (χ2n) is 5.11. The number of hydrogen-bond donors (Lipinski definition) is 1. The Bertz CT molecular complexity index is 336. The molecule has 1 rings (SSSR count). The molecule has 0 heterocycles. The molecule has 0 spiro atoms. The molecular formula is C16H28N2. The normalized spacial score (nSPS) is 12.4. The Labute approximate surface area is 112 Å². The predicted octanol–water partition coefficient (Wildman–Crippen LogP) is 3.60. The molecule has 0 fully saturated rings. The summed E-state index contributed by atoms with van der Waals surface area (Å²) >= 11 is 0. The van der Waals surface area contributed by atoms with Crippen molar-refractivity contribution in [2.75, 3.05) is 25.0 Å². The fourth-order valence-electron chi connectivity index (χ4n) is 2.38. The van der Waals surface area contributed by atoms with Gasteiger partial charge in [0.05, 0.1) is 0 Å². The fraction of sp³-hybridized carbons (Fsp3) is 0.625. The average Bonchev–Trinajstić information content (AvgIpc) is 2.36. The molecule has 1 atom stereocenters. The summed E-state index contributed by atoms with van der Waals surface area (Å²) in [6.07, 6.45) is 3.69. The Balaban J connectivity index is 2.60. The first-order valence-electron chi connectivity index (χ1n) is 7.19. The summed E-state index contributed by atoms with van der Waals surface area (Å²) in [6.45, 7) is 8.86. The van der Waals surface area contributed by atoms with Crippen molar-refractivity contribution in [3.05, 3.63) is 29.8 Å². The van der Waals surface area contributed by atoms with Crippen LogP contribution in [0.4, 0.5) is 5.69 Å². The molecule has 102 valence electrons. The van der Waals surface area contributed by atoms with Gasteiger partial charge in [-0.1, -0.05) is 38.5 Å². The molecule has 0 bridgehead atoms. The maximum absolute atomic E-state index is 3.65. The summed E-state index contributed by atoms with van der Waals surface area (Å²) in [5.74, 6) is 0. The lowest BCUT2D eigenvalue weighted by Gasteiger charge is -2.27. The molecule has 0 aromatic heterocycles. The van der Waals surface area contributed by atoms with Crippen molar-refractivity contribution in [3.63, 3.8) is 0 Å². The Morgan fingerprint density at radius 2 is 1.89 bits per heavy atom. The molecule has 1 N–H and O–H groups in total. The largest absolute Gasteiger partial charge is 0.373 e. The molecule has 0 saturated heterocycles. The van der Waals surface area contributed by atoms with Crippen molar-refractivity contribution < 1.29 is 0 Å². The molecule has 2 heteroatoms. The third-order valence-electron chi connectivity index (χ3n) is 3.34. The number of nitrogens with one attached hydrogen (secondary N) is 1. The second kappa shape index (κ2) is 8.15. The summed E-state index contributed by atoms with van der Waals surface area (Å²) in [4.78, 5) is 2.37. The molecule has 18 heavy (non-hydrogen) atoms. The van der Waals surface area contributed by atoms with Crippen LogP contribution in [-0.2, 0) is 0 Å². The Kier molecular flexibility index (Phi) is 6.81. The van der Waals surface area contributed by atoms with Gasteiger partial charge in [0.2, 0.25) is 0 Å². The second-order valence-corrected chi connectivity index (χ2v) is 5.11. The standard InChI is InChI=1S/C16H28N2/c1-5-9-15(17-12-6-2)13-18(4)16-11-8-7-10-14(16)3/h7-8,10-11,15,17H,5-6,9,12-13H2,1-4H3. The number of para-hydroxylation sites is 1. The van der Waals surface area contributed by atoms with Crippen LogP contribution >= 0.6 is 0 Å². The highest BCUT2D eigenvalue weighted by atomic mass is 15.1. The number of anilines is 1. The highest BCUT2D eigenvalue weighted by Crippen LogP contribution is 2.18. The van der Waals surface area contributed by atoms with Crippen molar-refractivity contribution in [2.24, 2.45) is 0 Å². The zero-order valence-corrected chi connectivity index (χ0v) is 12.4. The van der Waals surface area contributed by atoms with E-state index in [0.717, 1.165) is 13.1 Å². The molecule has 0 aliphatic carbocycles. The number of likely N-dealkylation sites (N-methyl/N-ethyl adjacent to an activating group) is 1. The van der Waals surface area contributed by atoms with E-state index < -0.39 is 0 Å². The van der Waals surface area contributed by atoms with Crippen molar-refractivity contribution in [2.45, 2.75) is 46.1 Å². The maximum Gasteiger partial charge on any atom is 0.0393 e. The van der Waals surface area contributed by atoms with Crippen LogP contribution in [0.2, 0.25) is 0 Å². The van der Waals surface area contributed by atoms with Gasteiger partial charge in [-0.05, 0) is 37.9 Å². The fourth-order valence-corrected chi connectivity index (χ4v) is 2.38. The first-order valence-corrected chi connectivity index (χ1v) is 7.19. The van der Waals surface area contributed by atoms with Gasteiger partial charge < -0.3 is 10.2 Å². The third-order valence-corrected chi connectivity index (χ3v) is 3.34. The van der Waals surface area contributed by atoms with Crippen LogP contribution in [0.25, 0.3) is 0 Å². The SMILES string of the molecule is CCCNC(CCC)CN(C)c1ccccc1C. The van der Waals surface area contributed by atoms with Gasteiger partial charge in [0.1, 0.15) is 0 Å². The minimum absolute atomic E-state index is 0.597. The highest BCUT2D eigenvalue weighted by Gasteiger charge is 2.11. The van der Waals surface area contributed by atoms with Crippen LogP contribution in [0, 0.1) is 6.92 Å². The summed E-state index contributed by atoms with van der Waals surface area (Å²) in [5.41, 5.74) is 2.70. The van der Waals surface area contributed by atoms with Gasteiger partial charge >= 0.3 is 0 Å². The average molecular weight is 248 g/mol. The van der Waals surface area contributed by atoms with E-state index in [1.807, 2.05) is 0 Å². The third kappa shape index (κ3) is 4.69. The first-order chi connectivity index (χ1) is 8.69. The molecule has 1 unspecified atom stereocenters. The Morgan fingerprint density at radius 3 is 2.50 bits per heavy atom. The predicted molar refractivity (Wildman–Crippen MR) is 81.4 cm³/mol. The van der Waals surface area contributed by atoms with Gasteiger partial charge in [-0.2, -0.15) is 0 Å². The Morgan fingerprint density at radius 1 is 1.17 bits per heavy atom. The molecule has 1 aromatic carbocycles. The first kappa shape index (κ1) is 15.0. The van der Waals surface area contributed by atoms with E-state index >= 15 is 0 Å². The highest BCUT2D eigenvalue weighted by molar-refractivity contribution is 5.52. The van der Waals surface area contributed by atoms with E-state index in [-0.39, 0.29) is 0 Å². The lowest BCUT2D eigenvalue weighted by molar-refractivity contribution is 0.476. The lowest BCUT2D eigenvalue weighted by Crippen LogP contribution is -2.40. The van der Waals surface area contributed by atoms with Gasteiger partial charge in [-0.15, -0.1) is 0 Å². The van der Waals surface area contributed by atoms with Crippen LogP contribution in [0.5, 0.6) is 0 Å². The lowest BCUT2D eigenvalue weighted by atomic mass is 10.1. The van der Waals surface area contributed by atoms with E-state index in [1.165, 1.54) is 30.5 Å². The maximum atomic E-state index is 3.65. The van der Waals surface area contributed by atoms with Crippen molar-refractivity contribution in [1.29, 1.82) is 0 Å². The zero-order valence-electron chi connectivity index (χ0n) is 12.4. The molecule has 1 aromatic rings. The number of nitrogens with zero attached hydrogens (tertiary/aromatic N) is 1. The van der Waals surface area contributed by atoms with E-state index in [2.05, 4.69) is 62.3 Å². The molecule has 0 saturated carbocycles. The van der Waals surface area contributed by atoms with E-state index in [1.54, 1.807) is 0 Å². The number of benzene rings is 1. The summed E-state index contributed by atoms with van der Waals surface area (Å²) in [6, 6.07) is 9.20. The minimum atomic E-state index is 0.597. The van der Waals surface area contributed by atoms with Crippen molar-refractivity contribution in [1.82, 2.24) is 5.32 Å². The molecule has 0 aliphatic heterocycles. The quantitative estimate of drug-likeness (QED) is 0.756. The topological polar surface area (TPSA) is 15.3 Å². The van der Waals surface area contributed by atoms with E-state index in [9.17, 15) is 0 Å². The number of aryl methyl sites for hydroxylation is 1. The van der Waals surface area contributed by atoms with Crippen LogP contribution < -0.4 is 10.2 Å². The summed E-state index contributed by atoms with van der Waals surface area (Å²) in [7, 11) is 2.19. The van der Waals surface area contributed by atoms with Gasteiger partial charge in [0.15, 0.2) is 0 Å². The van der Waals surface area contributed by atoms with Gasteiger partial charge in [0, 0.05) is 25.3 Å². The Hall–Kier alpha value is -1.02. The zero-order chi connectivity index (χ0) is 13.4.